The molecule has 1 atom stereocenters. The molecule has 0 saturated carbocycles. The first kappa shape index (κ1) is 15.4. The standard InChI is InChI=1S/C11H17BrN2O3S/c1-3-17-7-8(2)14-18(15,16)11-5-4-9(12)6-10(11)13/h4-6,8,14H,3,7,13H2,1-2H3. The predicted molar refractivity (Wildman–Crippen MR) is 74.8 cm³/mol. The lowest BCUT2D eigenvalue weighted by molar-refractivity contribution is 0.133. The molecule has 3 N–H and O–H groups in total. The van der Waals surface area contributed by atoms with E-state index in [1.165, 1.54) is 6.07 Å². The van der Waals surface area contributed by atoms with Crippen LogP contribution >= 0.6 is 15.9 Å². The van der Waals surface area contributed by atoms with E-state index in [0.717, 1.165) is 4.47 Å². The lowest BCUT2D eigenvalue weighted by atomic mass is 10.3. The van der Waals surface area contributed by atoms with Crippen LogP contribution in [0.5, 0.6) is 0 Å². The van der Waals surface area contributed by atoms with Crippen LogP contribution in [0.4, 0.5) is 5.69 Å². The van der Waals surface area contributed by atoms with Crippen molar-refractivity contribution in [2.24, 2.45) is 0 Å². The minimum atomic E-state index is -3.61. The zero-order valence-corrected chi connectivity index (χ0v) is 12.7. The Morgan fingerprint density at radius 2 is 2.17 bits per heavy atom. The highest BCUT2D eigenvalue weighted by atomic mass is 79.9. The van der Waals surface area contributed by atoms with Crippen LogP contribution in [0, 0.1) is 0 Å². The predicted octanol–water partition coefficient (Wildman–Crippen LogP) is 1.73. The van der Waals surface area contributed by atoms with Gasteiger partial charge in [0.1, 0.15) is 4.90 Å². The molecule has 0 aliphatic rings. The summed E-state index contributed by atoms with van der Waals surface area (Å²) in [6, 6.07) is 4.35. The van der Waals surface area contributed by atoms with Crippen LogP contribution in [-0.4, -0.2) is 27.7 Å². The van der Waals surface area contributed by atoms with E-state index in [2.05, 4.69) is 20.7 Å². The Balaban J connectivity index is 2.86. The van der Waals surface area contributed by atoms with Gasteiger partial charge >= 0.3 is 0 Å². The molecule has 0 aromatic heterocycles. The zero-order chi connectivity index (χ0) is 13.8. The van der Waals surface area contributed by atoms with Gasteiger partial charge in [-0.1, -0.05) is 15.9 Å². The number of nitrogens with one attached hydrogen (secondary N) is 1. The number of rotatable bonds is 6. The average molecular weight is 337 g/mol. The van der Waals surface area contributed by atoms with Gasteiger partial charge in [0.05, 0.1) is 12.3 Å². The van der Waals surface area contributed by atoms with E-state index in [0.29, 0.717) is 13.2 Å². The average Bonchev–Trinajstić information content (AvgIpc) is 2.25. The summed E-state index contributed by atoms with van der Waals surface area (Å²) in [5.41, 5.74) is 5.91. The molecule has 102 valence electrons. The van der Waals surface area contributed by atoms with Gasteiger partial charge in [-0.15, -0.1) is 0 Å². The van der Waals surface area contributed by atoms with Crippen molar-refractivity contribution in [3.05, 3.63) is 22.7 Å². The van der Waals surface area contributed by atoms with Gasteiger partial charge in [0.15, 0.2) is 0 Å². The third kappa shape index (κ3) is 4.24. The maximum atomic E-state index is 12.1. The van der Waals surface area contributed by atoms with Gasteiger partial charge in [0, 0.05) is 17.1 Å². The molecule has 1 rings (SSSR count). The molecule has 1 aromatic carbocycles. The van der Waals surface area contributed by atoms with Gasteiger partial charge in [-0.25, -0.2) is 13.1 Å². The number of benzene rings is 1. The number of hydrogen-bond donors (Lipinski definition) is 2. The molecule has 5 nitrogen and oxygen atoms in total. The van der Waals surface area contributed by atoms with E-state index in [1.807, 2.05) is 6.92 Å². The summed E-state index contributed by atoms with van der Waals surface area (Å²) in [7, 11) is -3.61. The minimum Gasteiger partial charge on any atom is -0.398 e. The lowest BCUT2D eigenvalue weighted by Crippen LogP contribution is -2.36. The highest BCUT2D eigenvalue weighted by Gasteiger charge is 2.20. The maximum Gasteiger partial charge on any atom is 0.242 e. The maximum absolute atomic E-state index is 12.1. The summed E-state index contributed by atoms with van der Waals surface area (Å²) >= 11 is 3.23. The number of anilines is 1. The highest BCUT2D eigenvalue weighted by Crippen LogP contribution is 2.22. The molecule has 0 fully saturated rings. The second-order valence-corrected chi connectivity index (χ2v) is 6.46. The summed E-state index contributed by atoms with van der Waals surface area (Å²) in [6.07, 6.45) is 0. The molecule has 0 aliphatic heterocycles. The van der Waals surface area contributed by atoms with E-state index in [4.69, 9.17) is 10.5 Å². The van der Waals surface area contributed by atoms with E-state index >= 15 is 0 Å². The molecular weight excluding hydrogens is 320 g/mol. The van der Waals surface area contributed by atoms with Crippen molar-refractivity contribution in [3.8, 4) is 0 Å². The second-order valence-electron chi connectivity index (χ2n) is 3.86. The summed E-state index contributed by atoms with van der Waals surface area (Å²) < 4.78 is 32.6. The first-order chi connectivity index (χ1) is 8.36. The lowest BCUT2D eigenvalue weighted by Gasteiger charge is -2.15. The Hall–Kier alpha value is -0.630. The van der Waals surface area contributed by atoms with E-state index in [1.54, 1.807) is 19.1 Å². The van der Waals surface area contributed by atoms with Gasteiger partial charge in [0.25, 0.3) is 0 Å². The number of nitrogen functional groups attached to an aromatic ring is 1. The third-order valence-electron chi connectivity index (χ3n) is 2.19. The molecule has 0 aliphatic carbocycles. The summed E-state index contributed by atoms with van der Waals surface area (Å²) in [5.74, 6) is 0. The van der Waals surface area contributed by atoms with E-state index < -0.39 is 10.0 Å². The minimum absolute atomic E-state index is 0.0778. The molecule has 0 spiro atoms. The highest BCUT2D eigenvalue weighted by molar-refractivity contribution is 9.10. The van der Waals surface area contributed by atoms with Crippen molar-refractivity contribution in [1.29, 1.82) is 0 Å². The normalized spacial score (nSPS) is 13.5. The van der Waals surface area contributed by atoms with Crippen molar-refractivity contribution < 1.29 is 13.2 Å². The topological polar surface area (TPSA) is 81.4 Å². The summed E-state index contributed by atoms with van der Waals surface area (Å²) in [4.78, 5) is 0.0778. The van der Waals surface area contributed by atoms with E-state index in [-0.39, 0.29) is 16.6 Å². The van der Waals surface area contributed by atoms with Gasteiger partial charge < -0.3 is 10.5 Å². The molecule has 0 radical (unpaired) electrons. The Labute approximate surface area is 116 Å². The Kier molecular flexibility index (Phi) is 5.58. The molecule has 1 aromatic rings. The van der Waals surface area contributed by atoms with E-state index in [9.17, 15) is 8.42 Å². The van der Waals surface area contributed by atoms with Crippen LogP contribution in [0.25, 0.3) is 0 Å². The Bertz CT molecular complexity index is 505. The smallest absolute Gasteiger partial charge is 0.242 e. The van der Waals surface area contributed by atoms with Crippen LogP contribution in [0.3, 0.4) is 0 Å². The number of nitrogens with two attached hydrogens (primary N) is 1. The fourth-order valence-corrected chi connectivity index (χ4v) is 3.14. The van der Waals surface area contributed by atoms with Gasteiger partial charge in [-0.05, 0) is 32.0 Å². The Morgan fingerprint density at radius 3 is 2.72 bits per heavy atom. The fourth-order valence-electron chi connectivity index (χ4n) is 1.42. The molecule has 7 heteroatoms. The van der Waals surface area contributed by atoms with Crippen molar-refractivity contribution in [3.63, 3.8) is 0 Å². The zero-order valence-electron chi connectivity index (χ0n) is 10.3. The molecule has 18 heavy (non-hydrogen) atoms. The SMILES string of the molecule is CCOCC(C)NS(=O)(=O)c1ccc(Br)cc1N. The molecule has 1 unspecified atom stereocenters. The van der Waals surface area contributed by atoms with Crippen molar-refractivity contribution in [2.45, 2.75) is 24.8 Å². The van der Waals surface area contributed by atoms with Crippen LogP contribution < -0.4 is 10.5 Å². The van der Waals surface area contributed by atoms with Crippen LogP contribution in [-0.2, 0) is 14.8 Å². The summed E-state index contributed by atoms with van der Waals surface area (Å²) in [6.45, 7) is 4.47. The second kappa shape index (κ2) is 6.51. The van der Waals surface area contributed by atoms with Gasteiger partial charge in [0.2, 0.25) is 10.0 Å². The first-order valence-corrected chi connectivity index (χ1v) is 7.79. The number of sulfonamides is 1. The number of hydrogen-bond acceptors (Lipinski definition) is 4. The molecule has 0 bridgehead atoms. The molecule has 0 amide bonds. The number of halogens is 1. The summed E-state index contributed by atoms with van der Waals surface area (Å²) in [5, 5.41) is 0. The van der Waals surface area contributed by atoms with Crippen molar-refractivity contribution in [1.82, 2.24) is 4.72 Å². The van der Waals surface area contributed by atoms with Crippen LogP contribution in [0.1, 0.15) is 13.8 Å². The Morgan fingerprint density at radius 1 is 1.50 bits per heavy atom. The van der Waals surface area contributed by atoms with Gasteiger partial charge in [-0.2, -0.15) is 0 Å². The molecule has 0 heterocycles. The first-order valence-electron chi connectivity index (χ1n) is 5.52. The molecule has 0 saturated heterocycles. The van der Waals surface area contributed by atoms with Crippen molar-refractivity contribution >= 4 is 31.6 Å². The quantitative estimate of drug-likeness (QED) is 0.775. The van der Waals surface area contributed by atoms with Gasteiger partial charge in [-0.3, -0.25) is 0 Å². The van der Waals surface area contributed by atoms with Crippen LogP contribution in [0.2, 0.25) is 0 Å². The van der Waals surface area contributed by atoms with Crippen LogP contribution in [0.15, 0.2) is 27.6 Å². The van der Waals surface area contributed by atoms with Crippen molar-refractivity contribution in [2.75, 3.05) is 18.9 Å². The fraction of sp³-hybridized carbons (Fsp3) is 0.455. The monoisotopic (exact) mass is 336 g/mol. The molecular formula is C11H17BrN2O3S. The number of ether oxygens (including phenoxy) is 1. The largest absolute Gasteiger partial charge is 0.398 e. The third-order valence-corrected chi connectivity index (χ3v) is 4.35.